The minimum absolute atomic E-state index is 0.801. The van der Waals surface area contributed by atoms with Crippen LogP contribution in [0.2, 0.25) is 0 Å². The molecule has 2 aromatic rings. The van der Waals surface area contributed by atoms with Crippen molar-refractivity contribution in [2.75, 3.05) is 24.2 Å². The molecule has 1 aromatic heterocycles. The highest BCUT2D eigenvalue weighted by atomic mass is 15.1. The molecule has 94 valence electrons. The SMILES string of the molecule is CC1CC1CN(C)c1ccc(N)c2cnccc12. The van der Waals surface area contributed by atoms with E-state index in [1.807, 2.05) is 24.5 Å². The van der Waals surface area contributed by atoms with Crippen molar-refractivity contribution in [3.05, 3.63) is 30.6 Å². The minimum Gasteiger partial charge on any atom is -0.398 e. The third-order valence-electron chi connectivity index (χ3n) is 4.02. The topological polar surface area (TPSA) is 42.1 Å². The van der Waals surface area contributed by atoms with Gasteiger partial charge in [-0.1, -0.05) is 6.92 Å². The smallest absolute Gasteiger partial charge is 0.0446 e. The number of benzene rings is 1. The highest BCUT2D eigenvalue weighted by molar-refractivity contribution is 6.00. The molecule has 3 rings (SSSR count). The molecule has 0 bridgehead atoms. The third-order valence-corrected chi connectivity index (χ3v) is 4.02. The second-order valence-electron chi connectivity index (χ2n) is 5.45. The molecule has 0 spiro atoms. The Morgan fingerprint density at radius 2 is 2.11 bits per heavy atom. The molecule has 3 nitrogen and oxygen atoms in total. The lowest BCUT2D eigenvalue weighted by Gasteiger charge is -2.21. The first-order valence-electron chi connectivity index (χ1n) is 6.50. The van der Waals surface area contributed by atoms with E-state index in [4.69, 9.17) is 5.73 Å². The van der Waals surface area contributed by atoms with E-state index in [2.05, 4.69) is 29.9 Å². The predicted molar refractivity (Wildman–Crippen MR) is 76.7 cm³/mol. The van der Waals surface area contributed by atoms with Crippen molar-refractivity contribution in [1.82, 2.24) is 4.98 Å². The monoisotopic (exact) mass is 241 g/mol. The van der Waals surface area contributed by atoms with Gasteiger partial charge in [-0.3, -0.25) is 4.98 Å². The lowest BCUT2D eigenvalue weighted by atomic mass is 10.1. The van der Waals surface area contributed by atoms with E-state index in [0.717, 1.165) is 29.5 Å². The van der Waals surface area contributed by atoms with Crippen LogP contribution in [0.4, 0.5) is 11.4 Å². The molecule has 1 aromatic carbocycles. The maximum atomic E-state index is 6.00. The Bertz CT molecular complexity index is 579. The molecular formula is C15H19N3. The Kier molecular flexibility index (Phi) is 2.62. The van der Waals surface area contributed by atoms with Crippen molar-refractivity contribution in [1.29, 1.82) is 0 Å². The molecule has 0 amide bonds. The molecular weight excluding hydrogens is 222 g/mol. The zero-order valence-corrected chi connectivity index (χ0v) is 10.9. The fourth-order valence-electron chi connectivity index (χ4n) is 2.63. The normalized spacial score (nSPS) is 22.1. The number of hydrogen-bond donors (Lipinski definition) is 1. The van der Waals surface area contributed by atoms with Gasteiger partial charge >= 0.3 is 0 Å². The van der Waals surface area contributed by atoms with E-state index in [1.165, 1.54) is 17.5 Å². The lowest BCUT2D eigenvalue weighted by molar-refractivity contribution is 0.727. The number of anilines is 2. The van der Waals surface area contributed by atoms with Gasteiger partial charge in [-0.15, -0.1) is 0 Å². The van der Waals surface area contributed by atoms with Crippen molar-refractivity contribution < 1.29 is 0 Å². The van der Waals surface area contributed by atoms with E-state index in [9.17, 15) is 0 Å². The average molecular weight is 241 g/mol. The highest BCUT2D eigenvalue weighted by Crippen LogP contribution is 2.39. The summed E-state index contributed by atoms with van der Waals surface area (Å²) in [6, 6.07) is 6.14. The number of nitrogen functional groups attached to an aromatic ring is 1. The van der Waals surface area contributed by atoms with Gasteiger partial charge in [0.2, 0.25) is 0 Å². The standard InChI is InChI=1S/C15H19N3/c1-10-7-11(10)9-18(2)15-4-3-14(16)13-8-17-6-5-12(13)15/h3-6,8,10-11H,7,9,16H2,1-2H3. The number of pyridine rings is 1. The summed E-state index contributed by atoms with van der Waals surface area (Å²) in [6.45, 7) is 3.45. The molecule has 18 heavy (non-hydrogen) atoms. The quantitative estimate of drug-likeness (QED) is 0.840. The van der Waals surface area contributed by atoms with Crippen LogP contribution in [-0.4, -0.2) is 18.6 Å². The Morgan fingerprint density at radius 1 is 1.33 bits per heavy atom. The largest absolute Gasteiger partial charge is 0.398 e. The van der Waals surface area contributed by atoms with E-state index in [0.29, 0.717) is 0 Å². The van der Waals surface area contributed by atoms with E-state index < -0.39 is 0 Å². The highest BCUT2D eigenvalue weighted by Gasteiger charge is 2.33. The maximum Gasteiger partial charge on any atom is 0.0446 e. The summed E-state index contributed by atoms with van der Waals surface area (Å²) in [6.07, 6.45) is 5.04. The zero-order chi connectivity index (χ0) is 12.7. The van der Waals surface area contributed by atoms with Gasteiger partial charge in [0, 0.05) is 48.1 Å². The molecule has 0 saturated heterocycles. The Morgan fingerprint density at radius 3 is 2.83 bits per heavy atom. The average Bonchev–Trinajstić information content (AvgIpc) is 3.05. The minimum atomic E-state index is 0.801. The van der Waals surface area contributed by atoms with Gasteiger partial charge in [-0.05, 0) is 36.5 Å². The first-order valence-corrected chi connectivity index (χ1v) is 6.50. The Labute approximate surface area is 108 Å². The van der Waals surface area contributed by atoms with Crippen LogP contribution in [-0.2, 0) is 0 Å². The van der Waals surface area contributed by atoms with Crippen LogP contribution < -0.4 is 10.6 Å². The second-order valence-corrected chi connectivity index (χ2v) is 5.45. The number of hydrogen-bond acceptors (Lipinski definition) is 3. The van der Waals surface area contributed by atoms with Crippen molar-refractivity contribution in [2.45, 2.75) is 13.3 Å². The van der Waals surface area contributed by atoms with E-state index >= 15 is 0 Å². The molecule has 3 heteroatoms. The summed E-state index contributed by atoms with van der Waals surface area (Å²) < 4.78 is 0. The summed E-state index contributed by atoms with van der Waals surface area (Å²) in [4.78, 5) is 6.50. The number of rotatable bonds is 3. The molecule has 0 aliphatic heterocycles. The molecule has 1 saturated carbocycles. The molecule has 2 unspecified atom stereocenters. The maximum absolute atomic E-state index is 6.00. The van der Waals surface area contributed by atoms with Crippen LogP contribution in [0.15, 0.2) is 30.6 Å². The zero-order valence-electron chi connectivity index (χ0n) is 10.9. The summed E-state index contributed by atoms with van der Waals surface area (Å²) in [5.74, 6) is 1.73. The molecule has 1 aliphatic rings. The summed E-state index contributed by atoms with van der Waals surface area (Å²) in [5, 5.41) is 2.24. The van der Waals surface area contributed by atoms with Gasteiger partial charge < -0.3 is 10.6 Å². The first-order chi connectivity index (χ1) is 8.66. The second kappa shape index (κ2) is 4.16. The van der Waals surface area contributed by atoms with Gasteiger partial charge in [0.05, 0.1) is 0 Å². The summed E-state index contributed by atoms with van der Waals surface area (Å²) in [7, 11) is 2.16. The van der Waals surface area contributed by atoms with Gasteiger partial charge in [0.25, 0.3) is 0 Å². The third kappa shape index (κ3) is 1.90. The van der Waals surface area contributed by atoms with Gasteiger partial charge in [0.1, 0.15) is 0 Å². The van der Waals surface area contributed by atoms with Gasteiger partial charge in [-0.25, -0.2) is 0 Å². The van der Waals surface area contributed by atoms with Crippen LogP contribution in [0.1, 0.15) is 13.3 Å². The van der Waals surface area contributed by atoms with Crippen LogP contribution in [0.25, 0.3) is 10.8 Å². The van der Waals surface area contributed by atoms with E-state index in [1.54, 1.807) is 0 Å². The number of nitrogens with zero attached hydrogens (tertiary/aromatic N) is 2. The Balaban J connectivity index is 1.98. The molecule has 2 atom stereocenters. The van der Waals surface area contributed by atoms with Gasteiger partial charge in [-0.2, -0.15) is 0 Å². The van der Waals surface area contributed by atoms with Crippen LogP contribution >= 0.6 is 0 Å². The van der Waals surface area contributed by atoms with E-state index in [-0.39, 0.29) is 0 Å². The number of nitrogens with two attached hydrogens (primary N) is 1. The first kappa shape index (κ1) is 11.3. The van der Waals surface area contributed by atoms with Crippen LogP contribution in [0.5, 0.6) is 0 Å². The molecule has 1 heterocycles. The van der Waals surface area contributed by atoms with Crippen LogP contribution in [0.3, 0.4) is 0 Å². The number of fused-ring (bicyclic) bond motifs is 1. The molecule has 2 N–H and O–H groups in total. The molecule has 1 fully saturated rings. The lowest BCUT2D eigenvalue weighted by Crippen LogP contribution is -2.20. The van der Waals surface area contributed by atoms with Crippen molar-refractivity contribution in [2.24, 2.45) is 11.8 Å². The van der Waals surface area contributed by atoms with Crippen LogP contribution in [0, 0.1) is 11.8 Å². The predicted octanol–water partition coefficient (Wildman–Crippen LogP) is 2.91. The summed E-state index contributed by atoms with van der Waals surface area (Å²) >= 11 is 0. The number of aromatic nitrogens is 1. The Hall–Kier alpha value is -1.77. The fourth-order valence-corrected chi connectivity index (χ4v) is 2.63. The van der Waals surface area contributed by atoms with Crippen molar-refractivity contribution in [3.8, 4) is 0 Å². The van der Waals surface area contributed by atoms with Gasteiger partial charge in [0.15, 0.2) is 0 Å². The fraction of sp³-hybridized carbons (Fsp3) is 0.400. The molecule has 1 aliphatic carbocycles. The van der Waals surface area contributed by atoms with Crippen molar-refractivity contribution >= 4 is 22.1 Å². The molecule has 0 radical (unpaired) electrons. The van der Waals surface area contributed by atoms with Crippen molar-refractivity contribution in [3.63, 3.8) is 0 Å². The summed E-state index contributed by atoms with van der Waals surface area (Å²) in [5.41, 5.74) is 8.05.